The highest BCUT2D eigenvalue weighted by Crippen LogP contribution is 2.32. The van der Waals surface area contributed by atoms with Gasteiger partial charge in [0.25, 0.3) is 0 Å². The molecule has 3 atom stereocenters. The molecule has 1 N–H and O–H groups in total. The number of fused-ring (bicyclic) bond motifs is 1. The van der Waals surface area contributed by atoms with Crippen LogP contribution in [0.4, 0.5) is 0 Å². The number of hydrogen-bond acceptors (Lipinski definition) is 3. The van der Waals surface area contributed by atoms with Crippen LogP contribution in [0.25, 0.3) is 0 Å². The zero-order valence-electron chi connectivity index (χ0n) is 10.2. The van der Waals surface area contributed by atoms with Crippen LogP contribution >= 0.6 is 23.5 Å². The molecular weight excluding hydrogens is 236 g/mol. The molecule has 1 heterocycles. The van der Waals surface area contributed by atoms with Gasteiger partial charge >= 0.3 is 0 Å². The molecule has 1 aliphatic carbocycles. The lowest BCUT2D eigenvalue weighted by atomic mass is 10.1. The van der Waals surface area contributed by atoms with Gasteiger partial charge < -0.3 is 5.32 Å². The summed E-state index contributed by atoms with van der Waals surface area (Å²) in [5.41, 5.74) is 0. The summed E-state index contributed by atoms with van der Waals surface area (Å²) in [6, 6.07) is 0.732. The summed E-state index contributed by atoms with van der Waals surface area (Å²) >= 11 is 3.85. The molecular formula is C12H22N2S2. The maximum atomic E-state index is 4.72. The Balaban J connectivity index is 1.79. The monoisotopic (exact) mass is 258 g/mol. The highest BCUT2D eigenvalue weighted by molar-refractivity contribution is 8.13. The van der Waals surface area contributed by atoms with E-state index in [9.17, 15) is 0 Å². The lowest BCUT2D eigenvalue weighted by Crippen LogP contribution is -2.41. The van der Waals surface area contributed by atoms with Gasteiger partial charge in [-0.3, -0.25) is 4.99 Å². The normalized spacial score (nSPS) is 33.5. The molecule has 2 fully saturated rings. The van der Waals surface area contributed by atoms with Gasteiger partial charge in [-0.15, -0.1) is 0 Å². The molecule has 0 aromatic heterocycles. The lowest BCUT2D eigenvalue weighted by molar-refractivity contribution is 0.489. The van der Waals surface area contributed by atoms with Crippen molar-refractivity contribution in [3.63, 3.8) is 0 Å². The second-order valence-corrected chi connectivity index (χ2v) is 6.88. The van der Waals surface area contributed by atoms with E-state index in [4.69, 9.17) is 4.99 Å². The summed E-state index contributed by atoms with van der Waals surface area (Å²) in [7, 11) is 0. The van der Waals surface area contributed by atoms with Gasteiger partial charge in [0.2, 0.25) is 0 Å². The van der Waals surface area contributed by atoms with Crippen LogP contribution in [0.15, 0.2) is 4.99 Å². The van der Waals surface area contributed by atoms with E-state index in [1.165, 1.54) is 35.9 Å². The zero-order valence-corrected chi connectivity index (χ0v) is 11.9. The van der Waals surface area contributed by atoms with Crippen molar-refractivity contribution in [2.45, 2.75) is 32.2 Å². The summed E-state index contributed by atoms with van der Waals surface area (Å²) < 4.78 is 0. The van der Waals surface area contributed by atoms with Crippen molar-refractivity contribution < 1.29 is 0 Å². The minimum absolute atomic E-state index is 0.700. The summed E-state index contributed by atoms with van der Waals surface area (Å²) in [6.07, 6.45) is 6.34. The Morgan fingerprint density at radius 1 is 1.56 bits per heavy atom. The van der Waals surface area contributed by atoms with E-state index >= 15 is 0 Å². The molecule has 0 spiro atoms. The molecule has 0 amide bonds. The van der Waals surface area contributed by atoms with Crippen molar-refractivity contribution in [1.82, 2.24) is 5.32 Å². The first-order chi connectivity index (χ1) is 7.79. The van der Waals surface area contributed by atoms with Crippen LogP contribution in [-0.4, -0.2) is 35.5 Å². The molecule has 2 rings (SSSR count). The second kappa shape index (κ2) is 6.20. The first-order valence-electron chi connectivity index (χ1n) is 6.22. The van der Waals surface area contributed by atoms with Gasteiger partial charge in [-0.1, -0.05) is 25.1 Å². The molecule has 3 unspecified atom stereocenters. The average Bonchev–Trinajstić information content (AvgIpc) is 2.74. The topological polar surface area (TPSA) is 24.4 Å². The summed E-state index contributed by atoms with van der Waals surface area (Å²) in [6.45, 7) is 3.26. The molecule has 1 aliphatic heterocycles. The zero-order chi connectivity index (χ0) is 11.4. The molecule has 92 valence electrons. The van der Waals surface area contributed by atoms with E-state index < -0.39 is 0 Å². The van der Waals surface area contributed by atoms with Crippen molar-refractivity contribution in [3.05, 3.63) is 0 Å². The predicted molar refractivity (Wildman–Crippen MR) is 76.6 cm³/mol. The summed E-state index contributed by atoms with van der Waals surface area (Å²) in [5, 5.41) is 4.82. The van der Waals surface area contributed by atoms with Crippen molar-refractivity contribution >= 4 is 28.7 Å². The predicted octanol–water partition coefficient (Wildman–Crippen LogP) is 2.85. The molecule has 0 aromatic rings. The van der Waals surface area contributed by atoms with Gasteiger partial charge in [0, 0.05) is 18.3 Å². The summed E-state index contributed by atoms with van der Waals surface area (Å²) in [5.74, 6) is 4.11. The van der Waals surface area contributed by atoms with Crippen LogP contribution in [0.2, 0.25) is 0 Å². The maximum absolute atomic E-state index is 4.72. The van der Waals surface area contributed by atoms with Gasteiger partial charge in [-0.05, 0) is 36.7 Å². The fourth-order valence-electron chi connectivity index (χ4n) is 2.48. The molecule has 4 heteroatoms. The maximum Gasteiger partial charge on any atom is 0.156 e. The van der Waals surface area contributed by atoms with E-state index in [2.05, 4.69) is 18.5 Å². The lowest BCUT2D eigenvalue weighted by Gasteiger charge is -2.28. The molecule has 0 radical (unpaired) electrons. The number of nitrogens with zero attached hydrogens (tertiary/aromatic N) is 1. The molecule has 2 aliphatic rings. The van der Waals surface area contributed by atoms with Crippen molar-refractivity contribution in [2.75, 3.05) is 24.3 Å². The minimum Gasteiger partial charge on any atom is -0.362 e. The van der Waals surface area contributed by atoms with E-state index in [1.807, 2.05) is 23.5 Å². The molecule has 0 bridgehead atoms. The van der Waals surface area contributed by atoms with Crippen LogP contribution in [0.3, 0.4) is 0 Å². The van der Waals surface area contributed by atoms with Crippen molar-refractivity contribution in [1.29, 1.82) is 0 Å². The van der Waals surface area contributed by atoms with E-state index in [-0.39, 0.29) is 0 Å². The number of hydrogen-bond donors (Lipinski definition) is 1. The Labute approximate surface area is 107 Å². The average molecular weight is 258 g/mol. The van der Waals surface area contributed by atoms with E-state index in [1.54, 1.807) is 0 Å². The SMILES string of the molecule is CSCC(C)CN=C1NC2CCCC2CS1. The van der Waals surface area contributed by atoms with Crippen LogP contribution in [0.5, 0.6) is 0 Å². The van der Waals surface area contributed by atoms with E-state index in [0.29, 0.717) is 5.92 Å². The smallest absolute Gasteiger partial charge is 0.156 e. The first-order valence-corrected chi connectivity index (χ1v) is 8.60. The summed E-state index contributed by atoms with van der Waals surface area (Å²) in [4.78, 5) is 4.72. The van der Waals surface area contributed by atoms with Crippen LogP contribution in [-0.2, 0) is 0 Å². The molecule has 16 heavy (non-hydrogen) atoms. The second-order valence-electron chi connectivity index (χ2n) is 4.96. The number of amidine groups is 1. The number of aliphatic imine (C=N–C) groups is 1. The number of rotatable bonds is 4. The minimum atomic E-state index is 0.700. The number of thioether (sulfide) groups is 2. The molecule has 1 saturated heterocycles. The van der Waals surface area contributed by atoms with Gasteiger partial charge in [0.1, 0.15) is 0 Å². The largest absolute Gasteiger partial charge is 0.362 e. The van der Waals surface area contributed by atoms with Crippen LogP contribution in [0.1, 0.15) is 26.2 Å². The Hall–Kier alpha value is 0.170. The Morgan fingerprint density at radius 2 is 2.44 bits per heavy atom. The standard InChI is InChI=1S/C12H22N2S2/c1-9(7-15-2)6-13-12-14-11-5-3-4-10(11)8-16-12/h9-11H,3-8H2,1-2H3,(H,13,14). The molecule has 2 nitrogen and oxygen atoms in total. The molecule has 0 aromatic carbocycles. The van der Waals surface area contributed by atoms with Crippen LogP contribution < -0.4 is 5.32 Å². The van der Waals surface area contributed by atoms with Gasteiger partial charge in [0.15, 0.2) is 5.17 Å². The Morgan fingerprint density at radius 3 is 3.25 bits per heavy atom. The number of nitrogens with one attached hydrogen (secondary N) is 1. The fourth-order valence-corrected chi connectivity index (χ4v) is 4.33. The van der Waals surface area contributed by atoms with Crippen molar-refractivity contribution in [2.24, 2.45) is 16.8 Å². The quantitative estimate of drug-likeness (QED) is 0.839. The van der Waals surface area contributed by atoms with Gasteiger partial charge in [0.05, 0.1) is 0 Å². The van der Waals surface area contributed by atoms with Gasteiger partial charge in [-0.25, -0.2) is 0 Å². The third kappa shape index (κ3) is 3.33. The highest BCUT2D eigenvalue weighted by atomic mass is 32.2. The fraction of sp³-hybridized carbons (Fsp3) is 0.917. The van der Waals surface area contributed by atoms with Crippen molar-refractivity contribution in [3.8, 4) is 0 Å². The van der Waals surface area contributed by atoms with Crippen LogP contribution in [0, 0.1) is 11.8 Å². The third-order valence-electron chi connectivity index (χ3n) is 3.40. The third-order valence-corrected chi connectivity index (χ3v) is 5.42. The Kier molecular flexibility index (Phi) is 4.89. The first kappa shape index (κ1) is 12.6. The van der Waals surface area contributed by atoms with E-state index in [0.717, 1.165) is 18.5 Å². The highest BCUT2D eigenvalue weighted by Gasteiger charge is 2.31. The molecule has 1 saturated carbocycles. The Bertz CT molecular complexity index is 255. The van der Waals surface area contributed by atoms with Gasteiger partial charge in [-0.2, -0.15) is 11.8 Å².